The lowest BCUT2D eigenvalue weighted by atomic mass is 9.99. The average molecular weight is 432 g/mol. The Hall–Kier alpha value is -2.80. The number of amides is 3. The fourth-order valence-electron chi connectivity index (χ4n) is 4.08. The summed E-state index contributed by atoms with van der Waals surface area (Å²) in [7, 11) is 1.50. The van der Waals surface area contributed by atoms with Gasteiger partial charge in [-0.2, -0.15) is 0 Å². The van der Waals surface area contributed by atoms with Crippen molar-refractivity contribution in [2.75, 3.05) is 25.5 Å². The van der Waals surface area contributed by atoms with Crippen LogP contribution in [-0.2, 0) is 17.8 Å². The Balaban J connectivity index is 1.47. The lowest BCUT2D eigenvalue weighted by Gasteiger charge is -2.33. The van der Waals surface area contributed by atoms with Crippen molar-refractivity contribution < 1.29 is 18.7 Å². The van der Waals surface area contributed by atoms with E-state index in [-0.39, 0.29) is 18.9 Å². The summed E-state index contributed by atoms with van der Waals surface area (Å²) < 4.78 is 19.3. The van der Waals surface area contributed by atoms with Gasteiger partial charge in [0, 0.05) is 25.2 Å². The maximum atomic E-state index is 14.2. The summed E-state index contributed by atoms with van der Waals surface area (Å²) in [6.07, 6.45) is -0.473. The first-order valence-corrected chi connectivity index (χ1v) is 10.2. The van der Waals surface area contributed by atoms with Crippen LogP contribution in [0.2, 0.25) is 5.02 Å². The number of carbonyl (C=O) groups is 2. The van der Waals surface area contributed by atoms with Crippen LogP contribution in [0.4, 0.5) is 14.9 Å². The molecule has 2 atom stereocenters. The third kappa shape index (κ3) is 4.07. The highest BCUT2D eigenvalue weighted by atomic mass is 35.5. The number of nitrogens with zero attached hydrogens (tertiary/aromatic N) is 2. The van der Waals surface area contributed by atoms with Crippen LogP contribution in [0.3, 0.4) is 0 Å². The number of carbonyl (C=O) groups excluding carboxylic acids is 2. The Bertz CT molecular complexity index is 970. The van der Waals surface area contributed by atoms with Crippen LogP contribution in [0.1, 0.15) is 17.5 Å². The molecule has 30 heavy (non-hydrogen) atoms. The van der Waals surface area contributed by atoms with Gasteiger partial charge < -0.3 is 19.9 Å². The minimum Gasteiger partial charge on any atom is -0.495 e. The second-order valence-corrected chi connectivity index (χ2v) is 7.97. The van der Waals surface area contributed by atoms with Gasteiger partial charge in [0.2, 0.25) is 5.91 Å². The number of hydrogen-bond acceptors (Lipinski definition) is 3. The molecule has 1 fully saturated rings. The van der Waals surface area contributed by atoms with E-state index in [4.69, 9.17) is 16.3 Å². The Morgan fingerprint density at radius 3 is 2.70 bits per heavy atom. The molecule has 0 spiro atoms. The molecule has 0 aromatic heterocycles. The van der Waals surface area contributed by atoms with Crippen LogP contribution < -0.4 is 10.1 Å². The lowest BCUT2D eigenvalue weighted by molar-refractivity contribution is -0.136. The smallest absolute Gasteiger partial charge is 0.322 e. The van der Waals surface area contributed by atoms with E-state index in [9.17, 15) is 14.0 Å². The molecular weight excluding hydrogens is 409 g/mol. The molecule has 2 aliphatic heterocycles. The van der Waals surface area contributed by atoms with E-state index in [1.54, 1.807) is 23.1 Å². The molecule has 4 rings (SSSR count). The summed E-state index contributed by atoms with van der Waals surface area (Å²) in [5.41, 5.74) is 2.77. The zero-order valence-electron chi connectivity index (χ0n) is 16.6. The molecule has 2 heterocycles. The van der Waals surface area contributed by atoms with Gasteiger partial charge in [-0.05, 0) is 35.7 Å². The van der Waals surface area contributed by atoms with E-state index >= 15 is 0 Å². The molecule has 1 N–H and O–H groups in total. The van der Waals surface area contributed by atoms with Crippen LogP contribution >= 0.6 is 11.6 Å². The quantitative estimate of drug-likeness (QED) is 0.802. The molecule has 6 nitrogen and oxygen atoms in total. The van der Waals surface area contributed by atoms with Crippen LogP contribution in [0.5, 0.6) is 5.75 Å². The maximum absolute atomic E-state index is 14.2. The van der Waals surface area contributed by atoms with Crippen LogP contribution in [0.15, 0.2) is 42.5 Å². The maximum Gasteiger partial charge on any atom is 0.322 e. The second-order valence-electron chi connectivity index (χ2n) is 7.56. The first-order valence-electron chi connectivity index (χ1n) is 9.87. The summed E-state index contributed by atoms with van der Waals surface area (Å²) in [6.45, 7) is 0.926. The molecule has 2 aromatic carbocycles. The molecular formula is C22H23ClFN3O3. The third-order valence-corrected chi connectivity index (χ3v) is 5.94. The standard InChI is InChI=1S/C22H23ClFN3O3/c1-30-20-7-6-17(11-18(20)23)25-22(29)27-13-16(24)10-19(27)21(28)26-9-8-14-4-2-3-5-15(14)12-26/h2-7,11,16,19H,8-10,12-13H2,1H3,(H,25,29)/t16-,19-/m0/s1. The van der Waals surface area contributed by atoms with E-state index < -0.39 is 18.2 Å². The Morgan fingerprint density at radius 1 is 1.20 bits per heavy atom. The number of alkyl halides is 1. The van der Waals surface area contributed by atoms with Crippen molar-refractivity contribution >= 4 is 29.2 Å². The molecule has 8 heteroatoms. The molecule has 2 aliphatic rings. The fraction of sp³-hybridized carbons (Fsp3) is 0.364. The number of nitrogens with one attached hydrogen (secondary N) is 1. The van der Waals surface area contributed by atoms with Crippen molar-refractivity contribution in [1.29, 1.82) is 0 Å². The highest BCUT2D eigenvalue weighted by molar-refractivity contribution is 6.32. The van der Waals surface area contributed by atoms with Gasteiger partial charge in [-0.3, -0.25) is 4.79 Å². The van der Waals surface area contributed by atoms with Crippen molar-refractivity contribution in [3.63, 3.8) is 0 Å². The first kappa shape index (κ1) is 20.5. The lowest BCUT2D eigenvalue weighted by Crippen LogP contribution is -2.50. The number of ether oxygens (including phenoxy) is 1. The molecule has 0 aliphatic carbocycles. The largest absolute Gasteiger partial charge is 0.495 e. The fourth-order valence-corrected chi connectivity index (χ4v) is 4.33. The zero-order chi connectivity index (χ0) is 21.3. The van der Waals surface area contributed by atoms with E-state index in [0.29, 0.717) is 29.5 Å². The number of urea groups is 1. The molecule has 1 saturated heterocycles. The highest BCUT2D eigenvalue weighted by Gasteiger charge is 2.42. The SMILES string of the molecule is COc1ccc(NC(=O)N2C[C@@H](F)C[C@H]2C(=O)N2CCc3ccccc3C2)cc1Cl. The number of benzene rings is 2. The van der Waals surface area contributed by atoms with Gasteiger partial charge in [-0.1, -0.05) is 35.9 Å². The van der Waals surface area contributed by atoms with Gasteiger partial charge in [0.15, 0.2) is 0 Å². The highest BCUT2D eigenvalue weighted by Crippen LogP contribution is 2.29. The number of anilines is 1. The first-order chi connectivity index (χ1) is 14.5. The van der Waals surface area contributed by atoms with Gasteiger partial charge in [0.1, 0.15) is 18.0 Å². The van der Waals surface area contributed by atoms with Crippen LogP contribution in [0.25, 0.3) is 0 Å². The van der Waals surface area contributed by atoms with Gasteiger partial charge in [0.25, 0.3) is 0 Å². The number of halogens is 2. The van der Waals surface area contributed by atoms with E-state index in [1.807, 2.05) is 18.2 Å². The molecule has 3 amide bonds. The van der Waals surface area contributed by atoms with Gasteiger partial charge in [0.05, 0.1) is 18.7 Å². The van der Waals surface area contributed by atoms with Crippen molar-refractivity contribution in [3.05, 3.63) is 58.6 Å². The summed E-state index contributed by atoms with van der Waals surface area (Å²) in [5, 5.41) is 3.06. The summed E-state index contributed by atoms with van der Waals surface area (Å²) in [6, 6.07) is 11.5. The number of hydrogen-bond donors (Lipinski definition) is 1. The molecule has 0 radical (unpaired) electrons. The Kier molecular flexibility index (Phi) is 5.81. The van der Waals surface area contributed by atoms with Gasteiger partial charge in [-0.15, -0.1) is 0 Å². The molecule has 0 unspecified atom stereocenters. The van der Waals surface area contributed by atoms with Crippen molar-refractivity contribution in [1.82, 2.24) is 9.80 Å². The zero-order valence-corrected chi connectivity index (χ0v) is 17.4. The molecule has 158 valence electrons. The van der Waals surface area contributed by atoms with Gasteiger partial charge >= 0.3 is 6.03 Å². The number of rotatable bonds is 3. The predicted octanol–water partition coefficient (Wildman–Crippen LogP) is 3.88. The third-order valence-electron chi connectivity index (χ3n) is 5.64. The molecule has 0 bridgehead atoms. The van der Waals surface area contributed by atoms with Crippen molar-refractivity contribution in [2.24, 2.45) is 0 Å². The minimum absolute atomic E-state index is 0.00771. The van der Waals surface area contributed by atoms with Crippen LogP contribution in [0, 0.1) is 0 Å². The van der Waals surface area contributed by atoms with Crippen LogP contribution in [-0.4, -0.2) is 54.2 Å². The molecule has 0 saturated carbocycles. The van der Waals surface area contributed by atoms with Crippen molar-refractivity contribution in [3.8, 4) is 5.75 Å². The summed E-state index contributed by atoms with van der Waals surface area (Å²) in [5.74, 6) is 0.269. The monoisotopic (exact) mass is 431 g/mol. The van der Waals surface area contributed by atoms with Crippen molar-refractivity contribution in [2.45, 2.75) is 31.6 Å². The topological polar surface area (TPSA) is 61.9 Å². The van der Waals surface area contributed by atoms with E-state index in [2.05, 4.69) is 11.4 Å². The normalized spacial score (nSPS) is 20.6. The van der Waals surface area contributed by atoms with E-state index in [1.165, 1.54) is 17.6 Å². The number of methoxy groups -OCH3 is 1. The molecule has 2 aromatic rings. The second kappa shape index (κ2) is 8.52. The number of likely N-dealkylation sites (tertiary alicyclic amines) is 1. The number of fused-ring (bicyclic) bond motifs is 1. The summed E-state index contributed by atoms with van der Waals surface area (Å²) >= 11 is 6.11. The Labute approximate surface area is 179 Å². The van der Waals surface area contributed by atoms with Gasteiger partial charge in [-0.25, -0.2) is 9.18 Å². The van der Waals surface area contributed by atoms with E-state index in [0.717, 1.165) is 12.0 Å². The minimum atomic E-state index is -1.23. The summed E-state index contributed by atoms with van der Waals surface area (Å²) in [4.78, 5) is 29.0. The Morgan fingerprint density at radius 2 is 1.97 bits per heavy atom. The predicted molar refractivity (Wildman–Crippen MR) is 113 cm³/mol. The average Bonchev–Trinajstić information content (AvgIpc) is 3.15.